The average molecular weight is 234 g/mol. The Morgan fingerprint density at radius 3 is 2.59 bits per heavy atom. The molecule has 1 aromatic heterocycles. The number of aromatic nitrogens is 1. The Kier molecular flexibility index (Phi) is 3.32. The second-order valence-corrected chi connectivity index (χ2v) is 3.78. The minimum absolute atomic E-state index is 0.114. The predicted molar refractivity (Wildman–Crippen MR) is 62.6 cm³/mol. The monoisotopic (exact) mass is 234 g/mol. The standard InChI is InChI=1S/C13H12F2N2/c1-9(13-6-5-11(15)8-16-13)17-12-4-2-3-10(14)7-12/h2-9,17H,1H3. The summed E-state index contributed by atoms with van der Waals surface area (Å²) in [6.07, 6.45) is 1.17. The first-order valence-electron chi connectivity index (χ1n) is 5.29. The highest BCUT2D eigenvalue weighted by molar-refractivity contribution is 5.44. The Morgan fingerprint density at radius 1 is 1.12 bits per heavy atom. The molecule has 0 bridgehead atoms. The van der Waals surface area contributed by atoms with Crippen molar-refractivity contribution in [3.8, 4) is 0 Å². The van der Waals surface area contributed by atoms with Crippen LogP contribution in [0, 0.1) is 11.6 Å². The normalized spacial score (nSPS) is 12.2. The Balaban J connectivity index is 2.11. The van der Waals surface area contributed by atoms with Crippen molar-refractivity contribution in [1.29, 1.82) is 0 Å². The van der Waals surface area contributed by atoms with Gasteiger partial charge in [0, 0.05) is 5.69 Å². The lowest BCUT2D eigenvalue weighted by atomic mass is 10.2. The highest BCUT2D eigenvalue weighted by Crippen LogP contribution is 2.18. The highest BCUT2D eigenvalue weighted by atomic mass is 19.1. The van der Waals surface area contributed by atoms with E-state index in [0.29, 0.717) is 11.4 Å². The van der Waals surface area contributed by atoms with Crippen LogP contribution >= 0.6 is 0 Å². The van der Waals surface area contributed by atoms with Crippen molar-refractivity contribution < 1.29 is 8.78 Å². The molecule has 2 aromatic rings. The zero-order valence-electron chi connectivity index (χ0n) is 9.32. The number of hydrogen-bond donors (Lipinski definition) is 1. The lowest BCUT2D eigenvalue weighted by Crippen LogP contribution is -2.08. The molecular formula is C13H12F2N2. The molecule has 1 aromatic carbocycles. The molecule has 0 spiro atoms. The van der Waals surface area contributed by atoms with Crippen LogP contribution in [0.4, 0.5) is 14.5 Å². The second-order valence-electron chi connectivity index (χ2n) is 3.78. The zero-order chi connectivity index (χ0) is 12.3. The molecule has 1 unspecified atom stereocenters. The molecule has 0 amide bonds. The summed E-state index contributed by atoms with van der Waals surface area (Å²) in [5.74, 6) is -0.666. The molecule has 17 heavy (non-hydrogen) atoms. The van der Waals surface area contributed by atoms with Gasteiger partial charge in [0.25, 0.3) is 0 Å². The summed E-state index contributed by atoms with van der Waals surface area (Å²) >= 11 is 0. The van der Waals surface area contributed by atoms with Gasteiger partial charge >= 0.3 is 0 Å². The van der Waals surface area contributed by atoms with Gasteiger partial charge in [-0.25, -0.2) is 8.78 Å². The smallest absolute Gasteiger partial charge is 0.141 e. The Hall–Kier alpha value is -1.97. The van der Waals surface area contributed by atoms with E-state index >= 15 is 0 Å². The van der Waals surface area contributed by atoms with E-state index in [1.54, 1.807) is 18.2 Å². The van der Waals surface area contributed by atoms with Crippen LogP contribution in [-0.4, -0.2) is 4.98 Å². The summed E-state index contributed by atoms with van der Waals surface area (Å²) in [4.78, 5) is 3.97. The van der Waals surface area contributed by atoms with E-state index in [9.17, 15) is 8.78 Å². The van der Waals surface area contributed by atoms with Crippen molar-refractivity contribution in [2.24, 2.45) is 0 Å². The molecule has 0 radical (unpaired) electrons. The summed E-state index contributed by atoms with van der Waals surface area (Å²) < 4.78 is 25.7. The average Bonchev–Trinajstić information content (AvgIpc) is 2.29. The lowest BCUT2D eigenvalue weighted by molar-refractivity contribution is 0.617. The van der Waals surface area contributed by atoms with Crippen molar-refractivity contribution in [1.82, 2.24) is 4.98 Å². The SMILES string of the molecule is CC(Nc1cccc(F)c1)c1ccc(F)cn1. The molecule has 2 rings (SSSR count). The van der Waals surface area contributed by atoms with Gasteiger partial charge in [-0.05, 0) is 37.3 Å². The zero-order valence-corrected chi connectivity index (χ0v) is 9.32. The maximum Gasteiger partial charge on any atom is 0.141 e. The maximum atomic E-state index is 13.0. The molecule has 88 valence electrons. The van der Waals surface area contributed by atoms with E-state index in [0.717, 1.165) is 0 Å². The molecule has 4 heteroatoms. The number of benzene rings is 1. The van der Waals surface area contributed by atoms with Crippen LogP contribution in [0.25, 0.3) is 0 Å². The molecule has 2 nitrogen and oxygen atoms in total. The minimum Gasteiger partial charge on any atom is -0.377 e. The molecule has 0 aliphatic heterocycles. The van der Waals surface area contributed by atoms with Crippen molar-refractivity contribution in [2.45, 2.75) is 13.0 Å². The van der Waals surface area contributed by atoms with E-state index in [1.807, 2.05) is 6.92 Å². The number of nitrogens with one attached hydrogen (secondary N) is 1. The molecule has 0 fully saturated rings. The van der Waals surface area contributed by atoms with Crippen LogP contribution < -0.4 is 5.32 Å². The van der Waals surface area contributed by atoms with Gasteiger partial charge in [-0.15, -0.1) is 0 Å². The predicted octanol–water partition coefficient (Wildman–Crippen LogP) is 3.53. The van der Waals surface area contributed by atoms with Gasteiger partial charge in [0.2, 0.25) is 0 Å². The largest absolute Gasteiger partial charge is 0.377 e. The van der Waals surface area contributed by atoms with Crippen LogP contribution in [0.5, 0.6) is 0 Å². The van der Waals surface area contributed by atoms with Gasteiger partial charge in [-0.3, -0.25) is 4.98 Å². The third kappa shape index (κ3) is 3.00. The van der Waals surface area contributed by atoms with Crippen LogP contribution in [0.15, 0.2) is 42.6 Å². The summed E-state index contributed by atoms with van der Waals surface area (Å²) in [5, 5.41) is 3.09. The number of hydrogen-bond acceptors (Lipinski definition) is 2. The van der Waals surface area contributed by atoms with Crippen molar-refractivity contribution in [3.63, 3.8) is 0 Å². The molecule has 1 atom stereocenters. The molecular weight excluding hydrogens is 222 g/mol. The molecule has 0 aliphatic rings. The van der Waals surface area contributed by atoms with Crippen LogP contribution in [0.3, 0.4) is 0 Å². The van der Waals surface area contributed by atoms with Crippen molar-refractivity contribution in [2.75, 3.05) is 5.32 Å². The molecule has 0 aliphatic carbocycles. The van der Waals surface area contributed by atoms with Crippen LogP contribution in [0.1, 0.15) is 18.7 Å². The number of anilines is 1. The van der Waals surface area contributed by atoms with Gasteiger partial charge in [0.05, 0.1) is 17.9 Å². The number of halogens is 2. The van der Waals surface area contributed by atoms with E-state index in [4.69, 9.17) is 0 Å². The number of nitrogens with zero attached hydrogens (tertiary/aromatic N) is 1. The first-order chi connectivity index (χ1) is 8.15. The molecule has 0 saturated heterocycles. The summed E-state index contributed by atoms with van der Waals surface area (Å²) in [5.41, 5.74) is 1.37. The van der Waals surface area contributed by atoms with Gasteiger partial charge in [0.1, 0.15) is 11.6 Å². The fourth-order valence-electron chi connectivity index (χ4n) is 1.55. The maximum absolute atomic E-state index is 13.0. The molecule has 1 heterocycles. The summed E-state index contributed by atoms with van der Waals surface area (Å²) in [6, 6.07) is 9.02. The van der Waals surface area contributed by atoms with Crippen LogP contribution in [0.2, 0.25) is 0 Å². The Bertz CT molecular complexity index is 497. The number of rotatable bonds is 3. The van der Waals surface area contributed by atoms with Gasteiger partial charge in [-0.2, -0.15) is 0 Å². The number of pyridine rings is 1. The Morgan fingerprint density at radius 2 is 1.94 bits per heavy atom. The van der Waals surface area contributed by atoms with Crippen LogP contribution in [-0.2, 0) is 0 Å². The Labute approximate surface area is 98.3 Å². The quantitative estimate of drug-likeness (QED) is 0.878. The van der Waals surface area contributed by atoms with E-state index < -0.39 is 0 Å². The third-order valence-electron chi connectivity index (χ3n) is 2.40. The van der Waals surface area contributed by atoms with E-state index in [2.05, 4.69) is 10.3 Å². The topological polar surface area (TPSA) is 24.9 Å². The third-order valence-corrected chi connectivity index (χ3v) is 2.40. The highest BCUT2D eigenvalue weighted by Gasteiger charge is 2.07. The van der Waals surface area contributed by atoms with Crippen molar-refractivity contribution >= 4 is 5.69 Å². The van der Waals surface area contributed by atoms with Gasteiger partial charge in [-0.1, -0.05) is 6.07 Å². The van der Waals surface area contributed by atoms with Gasteiger partial charge in [0.15, 0.2) is 0 Å². The molecule has 0 saturated carbocycles. The summed E-state index contributed by atoms with van der Waals surface area (Å²) in [6.45, 7) is 1.88. The second kappa shape index (κ2) is 4.91. The summed E-state index contributed by atoms with van der Waals surface area (Å²) in [7, 11) is 0. The lowest BCUT2D eigenvalue weighted by Gasteiger charge is -2.14. The molecule has 1 N–H and O–H groups in total. The van der Waals surface area contributed by atoms with Crippen molar-refractivity contribution in [3.05, 3.63) is 59.9 Å². The fraction of sp³-hybridized carbons (Fsp3) is 0.154. The first-order valence-corrected chi connectivity index (χ1v) is 5.29. The minimum atomic E-state index is -0.369. The van der Waals surface area contributed by atoms with E-state index in [-0.39, 0.29) is 17.7 Å². The first kappa shape index (κ1) is 11.5. The fourth-order valence-corrected chi connectivity index (χ4v) is 1.55. The van der Waals surface area contributed by atoms with E-state index in [1.165, 1.54) is 24.4 Å². The van der Waals surface area contributed by atoms with Gasteiger partial charge < -0.3 is 5.32 Å².